The lowest BCUT2D eigenvalue weighted by atomic mass is 9.47. The van der Waals surface area contributed by atoms with Gasteiger partial charge in [-0.15, -0.1) is 0 Å². The van der Waals surface area contributed by atoms with Gasteiger partial charge in [-0.3, -0.25) is 0 Å². The minimum Gasteiger partial charge on any atom is -0.472 e. The molecule has 0 amide bonds. The van der Waals surface area contributed by atoms with Gasteiger partial charge in [-0.1, -0.05) is 41.4 Å². The largest absolute Gasteiger partial charge is 0.472 e. The van der Waals surface area contributed by atoms with Gasteiger partial charge in [0.1, 0.15) is 6.10 Å². The van der Waals surface area contributed by atoms with E-state index in [9.17, 15) is 5.11 Å². The van der Waals surface area contributed by atoms with Crippen LogP contribution in [0.25, 0.3) is 0 Å². The van der Waals surface area contributed by atoms with Crippen LogP contribution in [0.15, 0.2) is 45.4 Å². The van der Waals surface area contributed by atoms with Crippen LogP contribution in [-0.2, 0) is 4.74 Å². The molecule has 0 aromatic heterocycles. The zero-order valence-electron chi connectivity index (χ0n) is 19.4. The van der Waals surface area contributed by atoms with Crippen LogP contribution >= 0.6 is 15.9 Å². The molecule has 3 nitrogen and oxygen atoms in total. The number of ether oxygens (including phenoxy) is 1. The number of fused-ring (bicyclic) bond motifs is 5. The molecule has 6 rings (SSSR count). The summed E-state index contributed by atoms with van der Waals surface area (Å²) in [6.07, 6.45) is 12.2. The Bertz CT molecular complexity index is 955. The number of halogens is 1. The minimum absolute atomic E-state index is 0.116. The predicted molar refractivity (Wildman–Crippen MR) is 132 cm³/mol. The summed E-state index contributed by atoms with van der Waals surface area (Å²) in [4.78, 5) is 4.83. The third-order valence-corrected chi connectivity index (χ3v) is 10.9. The van der Waals surface area contributed by atoms with Gasteiger partial charge in [-0.2, -0.15) is 0 Å². The smallest absolute Gasteiger partial charge is 0.216 e. The van der Waals surface area contributed by atoms with Crippen molar-refractivity contribution in [2.24, 2.45) is 39.5 Å². The number of aliphatic imine (C=N–C) groups is 1. The fourth-order valence-corrected chi connectivity index (χ4v) is 8.91. The molecule has 0 bridgehead atoms. The highest BCUT2D eigenvalue weighted by molar-refractivity contribution is 9.10. The number of aliphatic hydroxyl groups is 1. The summed E-state index contributed by atoms with van der Waals surface area (Å²) in [6, 6.07) is 8.34. The number of allylic oxidation sites excluding steroid dienone is 1. The molecule has 1 aliphatic heterocycles. The first-order chi connectivity index (χ1) is 15.4. The Kier molecular flexibility index (Phi) is 5.15. The highest BCUT2D eigenvalue weighted by Gasteiger charge is 2.60. The first-order valence-corrected chi connectivity index (χ1v) is 13.5. The maximum atomic E-state index is 10.3. The normalized spacial score (nSPS) is 45.2. The monoisotopic (exact) mass is 497 g/mol. The van der Waals surface area contributed by atoms with Crippen LogP contribution in [-0.4, -0.2) is 29.8 Å². The third kappa shape index (κ3) is 3.19. The molecule has 0 spiro atoms. The van der Waals surface area contributed by atoms with E-state index in [1.165, 1.54) is 38.5 Å². The average molecular weight is 499 g/mol. The van der Waals surface area contributed by atoms with Crippen LogP contribution in [0, 0.1) is 34.5 Å². The van der Waals surface area contributed by atoms with Gasteiger partial charge in [0.25, 0.3) is 0 Å². The van der Waals surface area contributed by atoms with Crippen LogP contribution in [0.5, 0.6) is 0 Å². The minimum atomic E-state index is -0.116. The maximum absolute atomic E-state index is 10.3. The van der Waals surface area contributed by atoms with Crippen molar-refractivity contribution in [2.45, 2.75) is 77.4 Å². The molecule has 4 aliphatic carbocycles. The van der Waals surface area contributed by atoms with Crippen LogP contribution in [0.1, 0.15) is 70.8 Å². The standard InChI is InChI=1S/C28H36BrNO2/c1-27-13-11-20(31)15-18(27)5-8-21-22-9-10-24(28(22,2)14-12-23(21)27)25-16-30-26(32-25)17-3-6-19(29)7-4-17/h3-7,20-25,31H,8-16H2,1-2H3/t20-,21-,22-,23-,24+,25-,27-,28-/m0/s1. The van der Waals surface area contributed by atoms with E-state index < -0.39 is 0 Å². The highest BCUT2D eigenvalue weighted by atomic mass is 79.9. The van der Waals surface area contributed by atoms with Gasteiger partial charge >= 0.3 is 0 Å². The Morgan fingerprint density at radius 3 is 2.59 bits per heavy atom. The molecule has 0 radical (unpaired) electrons. The Morgan fingerprint density at radius 2 is 1.78 bits per heavy atom. The highest BCUT2D eigenvalue weighted by Crippen LogP contribution is 2.66. The molecule has 4 heteroatoms. The number of hydrogen-bond acceptors (Lipinski definition) is 3. The van der Waals surface area contributed by atoms with Gasteiger partial charge in [-0.05, 0) is 104 Å². The predicted octanol–water partition coefficient (Wildman–Crippen LogP) is 6.53. The van der Waals surface area contributed by atoms with Crippen LogP contribution in [0.4, 0.5) is 0 Å². The summed E-state index contributed by atoms with van der Waals surface area (Å²) in [5, 5.41) is 10.3. The topological polar surface area (TPSA) is 41.8 Å². The molecule has 172 valence electrons. The molecule has 3 saturated carbocycles. The van der Waals surface area contributed by atoms with Crippen molar-refractivity contribution in [3.63, 3.8) is 0 Å². The molecule has 5 aliphatic rings. The van der Waals surface area contributed by atoms with E-state index in [1.54, 1.807) is 5.57 Å². The van der Waals surface area contributed by atoms with E-state index in [2.05, 4.69) is 60.1 Å². The molecule has 3 fully saturated rings. The van der Waals surface area contributed by atoms with E-state index in [4.69, 9.17) is 9.73 Å². The van der Waals surface area contributed by atoms with Gasteiger partial charge < -0.3 is 9.84 Å². The average Bonchev–Trinajstić information content (AvgIpc) is 3.39. The van der Waals surface area contributed by atoms with Crippen molar-refractivity contribution in [2.75, 3.05) is 6.54 Å². The molecule has 32 heavy (non-hydrogen) atoms. The quantitative estimate of drug-likeness (QED) is 0.471. The van der Waals surface area contributed by atoms with Gasteiger partial charge in [0.2, 0.25) is 5.90 Å². The lowest BCUT2D eigenvalue weighted by molar-refractivity contribution is -0.0646. The maximum Gasteiger partial charge on any atom is 0.216 e. The summed E-state index contributed by atoms with van der Waals surface area (Å²) in [5.41, 5.74) is 3.36. The second kappa shape index (κ2) is 7.70. The second-order valence-corrected chi connectivity index (χ2v) is 12.6. The van der Waals surface area contributed by atoms with E-state index >= 15 is 0 Å². The van der Waals surface area contributed by atoms with Crippen molar-refractivity contribution < 1.29 is 9.84 Å². The molecule has 8 atom stereocenters. The Morgan fingerprint density at radius 1 is 1.00 bits per heavy atom. The van der Waals surface area contributed by atoms with Crippen molar-refractivity contribution in [1.29, 1.82) is 0 Å². The van der Waals surface area contributed by atoms with Gasteiger partial charge in [0.15, 0.2) is 0 Å². The summed E-state index contributed by atoms with van der Waals surface area (Å²) in [7, 11) is 0. The Balaban J connectivity index is 1.21. The van der Waals surface area contributed by atoms with E-state index in [-0.39, 0.29) is 12.2 Å². The van der Waals surface area contributed by atoms with Crippen LogP contribution < -0.4 is 0 Å². The molecular formula is C28H36BrNO2. The zero-order chi connectivity index (χ0) is 22.1. The first-order valence-electron chi connectivity index (χ1n) is 12.7. The lowest BCUT2D eigenvalue weighted by Crippen LogP contribution is -2.51. The molecule has 1 N–H and O–H groups in total. The molecule has 1 heterocycles. The molecule has 0 saturated heterocycles. The number of nitrogens with zero attached hydrogens (tertiary/aromatic N) is 1. The summed E-state index contributed by atoms with van der Waals surface area (Å²) in [5.74, 6) is 3.84. The van der Waals surface area contributed by atoms with Gasteiger partial charge in [0, 0.05) is 16.0 Å². The summed E-state index contributed by atoms with van der Waals surface area (Å²) >= 11 is 3.52. The van der Waals surface area contributed by atoms with Crippen molar-refractivity contribution >= 4 is 21.8 Å². The zero-order valence-corrected chi connectivity index (χ0v) is 21.0. The molecule has 1 aromatic rings. The molecule has 1 aromatic carbocycles. The number of hydrogen-bond donors (Lipinski definition) is 1. The Labute approximate surface area is 200 Å². The van der Waals surface area contributed by atoms with Gasteiger partial charge in [-0.25, -0.2) is 4.99 Å². The summed E-state index contributed by atoms with van der Waals surface area (Å²) < 4.78 is 7.62. The van der Waals surface area contributed by atoms with E-state index in [0.717, 1.165) is 53.1 Å². The molecular weight excluding hydrogens is 462 g/mol. The van der Waals surface area contributed by atoms with Crippen molar-refractivity contribution in [3.05, 3.63) is 46.0 Å². The van der Waals surface area contributed by atoms with Crippen molar-refractivity contribution in [3.8, 4) is 0 Å². The number of benzene rings is 1. The fourth-order valence-electron chi connectivity index (χ4n) is 8.65. The molecule has 0 unspecified atom stereocenters. The lowest BCUT2D eigenvalue weighted by Gasteiger charge is -2.58. The van der Waals surface area contributed by atoms with Crippen LogP contribution in [0.2, 0.25) is 0 Å². The summed E-state index contributed by atoms with van der Waals surface area (Å²) in [6.45, 7) is 5.92. The third-order valence-electron chi connectivity index (χ3n) is 10.4. The van der Waals surface area contributed by atoms with E-state index in [0.29, 0.717) is 16.7 Å². The Hall–Kier alpha value is -1.13. The van der Waals surface area contributed by atoms with Gasteiger partial charge in [0.05, 0.1) is 12.6 Å². The number of rotatable bonds is 2. The first kappa shape index (κ1) is 21.4. The van der Waals surface area contributed by atoms with E-state index in [1.807, 2.05) is 0 Å². The SMILES string of the molecule is C[C@]12CC[C@H]3[C@@H](CC=C4C[C@@H](O)CC[C@@]43C)[C@@H]1CC[C@@H]2[C@@H]1CN=C(c2ccc(Br)cc2)O1. The van der Waals surface area contributed by atoms with Crippen LogP contribution in [0.3, 0.4) is 0 Å². The number of aliphatic hydroxyl groups excluding tert-OH is 1. The second-order valence-electron chi connectivity index (χ2n) is 11.7. The fraction of sp³-hybridized carbons (Fsp3) is 0.679. The van der Waals surface area contributed by atoms with Crippen molar-refractivity contribution in [1.82, 2.24) is 0 Å².